The van der Waals surface area contributed by atoms with Gasteiger partial charge in [-0.15, -0.1) is 0 Å². The second kappa shape index (κ2) is 8.01. The number of fused-ring (bicyclic) bond motifs is 1. The summed E-state index contributed by atoms with van der Waals surface area (Å²) in [5.74, 6) is 1.19. The summed E-state index contributed by atoms with van der Waals surface area (Å²) < 4.78 is 11.4. The second-order valence-corrected chi connectivity index (χ2v) is 7.78. The smallest absolute Gasteiger partial charge is 0.318 e. The van der Waals surface area contributed by atoms with Gasteiger partial charge in [-0.1, -0.05) is 17.7 Å². The van der Waals surface area contributed by atoms with Gasteiger partial charge in [0.2, 0.25) is 0 Å². The molecule has 0 amide bonds. The first kappa shape index (κ1) is 19.1. The highest BCUT2D eigenvalue weighted by Gasteiger charge is 2.26. The Labute approximate surface area is 170 Å². The molecule has 2 N–H and O–H groups in total. The van der Waals surface area contributed by atoms with Gasteiger partial charge in [0.15, 0.2) is 5.75 Å². The third-order valence-electron chi connectivity index (χ3n) is 5.64. The highest BCUT2D eigenvalue weighted by Crippen LogP contribution is 2.37. The molecular weight excluding hydrogens is 378 g/mol. The van der Waals surface area contributed by atoms with E-state index in [4.69, 9.17) is 26.8 Å². The van der Waals surface area contributed by atoms with Gasteiger partial charge in [-0.05, 0) is 45.0 Å². The van der Waals surface area contributed by atoms with Gasteiger partial charge in [0.05, 0.1) is 30.1 Å². The topological polar surface area (TPSA) is 76.7 Å². The molecule has 0 unspecified atom stereocenters. The monoisotopic (exact) mass is 403 g/mol. The molecule has 4 rings (SSSR count). The molecule has 2 aromatic rings. The maximum absolute atomic E-state index is 6.29. The Hall–Kier alpha value is -2.25. The molecule has 2 aliphatic heterocycles. The maximum atomic E-state index is 6.29. The number of ether oxygens (including phenoxy) is 2. The minimum Gasteiger partial charge on any atom is -0.493 e. The van der Waals surface area contributed by atoms with Crippen molar-refractivity contribution >= 4 is 23.1 Å². The van der Waals surface area contributed by atoms with E-state index in [0.717, 1.165) is 42.9 Å². The molecule has 1 aromatic carbocycles. The third-order valence-corrected chi connectivity index (χ3v) is 5.94. The van der Waals surface area contributed by atoms with E-state index in [1.54, 1.807) is 7.11 Å². The number of halogens is 1. The first-order valence-electron chi connectivity index (χ1n) is 9.62. The molecule has 1 atom stereocenters. The van der Waals surface area contributed by atoms with Crippen LogP contribution in [0, 0.1) is 0 Å². The molecule has 1 fully saturated rings. The second-order valence-electron chi connectivity index (χ2n) is 7.37. The normalized spacial score (nSPS) is 19.5. The highest BCUT2D eigenvalue weighted by molar-refractivity contribution is 6.32. The molecule has 28 heavy (non-hydrogen) atoms. The van der Waals surface area contributed by atoms with Crippen LogP contribution < -0.4 is 20.1 Å². The summed E-state index contributed by atoms with van der Waals surface area (Å²) in [6, 6.07) is 6.53. The number of nitrogen functional groups attached to an aromatic ring is 1. The molecule has 0 bridgehead atoms. The quantitative estimate of drug-likeness (QED) is 0.822. The number of anilines is 2. The maximum Gasteiger partial charge on any atom is 0.318 e. The fraction of sp³-hybridized carbons (Fsp3) is 0.500. The molecule has 0 aliphatic carbocycles. The Morgan fingerprint density at radius 3 is 2.89 bits per heavy atom. The number of para-hydroxylation sites is 1. The number of likely N-dealkylation sites (N-methyl/N-ethyl adjacent to an activating group) is 1. The van der Waals surface area contributed by atoms with Gasteiger partial charge in [0, 0.05) is 18.2 Å². The molecule has 2 aliphatic rings. The van der Waals surface area contributed by atoms with Crippen molar-refractivity contribution in [2.75, 3.05) is 44.5 Å². The molecule has 3 heterocycles. The van der Waals surface area contributed by atoms with Crippen LogP contribution in [-0.4, -0.2) is 54.8 Å². The molecule has 0 radical (unpaired) electrons. The van der Waals surface area contributed by atoms with Gasteiger partial charge in [-0.25, -0.2) is 0 Å². The van der Waals surface area contributed by atoms with E-state index in [0.29, 0.717) is 41.8 Å². The van der Waals surface area contributed by atoms with Gasteiger partial charge in [0.25, 0.3) is 0 Å². The third kappa shape index (κ3) is 3.69. The van der Waals surface area contributed by atoms with E-state index in [2.05, 4.69) is 26.8 Å². The van der Waals surface area contributed by atoms with Crippen LogP contribution in [0.5, 0.6) is 11.8 Å². The Balaban J connectivity index is 1.54. The van der Waals surface area contributed by atoms with E-state index in [1.165, 1.54) is 6.42 Å². The molecule has 8 heteroatoms. The van der Waals surface area contributed by atoms with Gasteiger partial charge in [-0.3, -0.25) is 0 Å². The molecule has 0 spiro atoms. The van der Waals surface area contributed by atoms with Crippen LogP contribution in [0.3, 0.4) is 0 Å². The van der Waals surface area contributed by atoms with Crippen LogP contribution in [-0.2, 0) is 13.0 Å². The summed E-state index contributed by atoms with van der Waals surface area (Å²) in [7, 11) is 3.76. The summed E-state index contributed by atoms with van der Waals surface area (Å²) in [6.45, 7) is 3.10. The molecule has 150 valence electrons. The summed E-state index contributed by atoms with van der Waals surface area (Å²) in [5.41, 5.74) is 9.06. The van der Waals surface area contributed by atoms with E-state index in [9.17, 15) is 0 Å². The summed E-state index contributed by atoms with van der Waals surface area (Å²) in [5, 5.41) is 0.595. The van der Waals surface area contributed by atoms with Crippen LogP contribution in [0.15, 0.2) is 18.2 Å². The van der Waals surface area contributed by atoms with Crippen LogP contribution >= 0.6 is 11.6 Å². The first-order valence-corrected chi connectivity index (χ1v) is 10.0. The zero-order valence-electron chi connectivity index (χ0n) is 16.3. The standard InChI is InChI=1S/C20H26ClN5O2/c1-25-9-4-5-13(25)12-28-20-23-16-11-26(10-8-14(16)19(22)24-20)17-7-3-6-15(21)18(17)27-2/h3,6-7,13H,4-5,8-12H2,1-2H3,(H2,22,23,24)/t13-/m0/s1. The molecule has 7 nitrogen and oxygen atoms in total. The van der Waals surface area contributed by atoms with Crippen molar-refractivity contribution < 1.29 is 9.47 Å². The predicted molar refractivity (Wildman–Crippen MR) is 110 cm³/mol. The van der Waals surface area contributed by atoms with E-state index in [-0.39, 0.29) is 0 Å². The average Bonchev–Trinajstić information content (AvgIpc) is 3.10. The van der Waals surface area contributed by atoms with E-state index in [1.807, 2.05) is 18.2 Å². The van der Waals surface area contributed by atoms with Crippen molar-refractivity contribution in [3.8, 4) is 11.8 Å². The van der Waals surface area contributed by atoms with Crippen LogP contribution in [0.4, 0.5) is 11.5 Å². The number of aromatic nitrogens is 2. The Morgan fingerprint density at radius 2 is 2.14 bits per heavy atom. The number of methoxy groups -OCH3 is 1. The zero-order chi connectivity index (χ0) is 19.7. The van der Waals surface area contributed by atoms with E-state index < -0.39 is 0 Å². The Kier molecular flexibility index (Phi) is 5.46. The van der Waals surface area contributed by atoms with Crippen molar-refractivity contribution in [3.63, 3.8) is 0 Å². The largest absolute Gasteiger partial charge is 0.493 e. The van der Waals surface area contributed by atoms with E-state index >= 15 is 0 Å². The lowest BCUT2D eigenvalue weighted by molar-refractivity contribution is 0.187. The molecule has 0 saturated carbocycles. The van der Waals surface area contributed by atoms with Crippen molar-refractivity contribution in [3.05, 3.63) is 34.5 Å². The minimum atomic E-state index is 0.358. The number of rotatable bonds is 5. The first-order chi connectivity index (χ1) is 13.6. The summed E-state index contributed by atoms with van der Waals surface area (Å²) in [4.78, 5) is 13.6. The predicted octanol–water partition coefficient (Wildman–Crippen LogP) is 2.76. The summed E-state index contributed by atoms with van der Waals surface area (Å²) in [6.07, 6.45) is 3.11. The van der Waals surface area contributed by atoms with Crippen molar-refractivity contribution in [2.45, 2.75) is 31.8 Å². The lowest BCUT2D eigenvalue weighted by atomic mass is 10.0. The van der Waals surface area contributed by atoms with Gasteiger partial charge >= 0.3 is 6.01 Å². The van der Waals surface area contributed by atoms with Gasteiger partial charge < -0.3 is 25.0 Å². The van der Waals surface area contributed by atoms with Gasteiger partial charge in [-0.2, -0.15) is 9.97 Å². The molecule has 1 saturated heterocycles. The fourth-order valence-electron chi connectivity index (χ4n) is 4.02. The average molecular weight is 404 g/mol. The lowest BCUT2D eigenvalue weighted by Gasteiger charge is -2.31. The van der Waals surface area contributed by atoms with Gasteiger partial charge in [0.1, 0.15) is 12.4 Å². The SMILES string of the molecule is COc1c(Cl)cccc1N1CCc2c(N)nc(OC[C@@H]3CCCN3C)nc2C1. The van der Waals surface area contributed by atoms with Crippen molar-refractivity contribution in [2.24, 2.45) is 0 Å². The Bertz CT molecular complexity index is 863. The highest BCUT2D eigenvalue weighted by atomic mass is 35.5. The number of nitrogens with zero attached hydrogens (tertiary/aromatic N) is 4. The number of hydrogen-bond acceptors (Lipinski definition) is 7. The fourth-order valence-corrected chi connectivity index (χ4v) is 4.26. The number of likely N-dealkylation sites (tertiary alicyclic amines) is 1. The van der Waals surface area contributed by atoms with Crippen molar-refractivity contribution in [1.29, 1.82) is 0 Å². The Morgan fingerprint density at radius 1 is 1.29 bits per heavy atom. The van der Waals surface area contributed by atoms with Crippen LogP contribution in [0.2, 0.25) is 5.02 Å². The number of nitrogens with two attached hydrogens (primary N) is 1. The molecule has 1 aromatic heterocycles. The lowest BCUT2D eigenvalue weighted by Crippen LogP contribution is -2.33. The minimum absolute atomic E-state index is 0.358. The number of benzene rings is 1. The molecular formula is C20H26ClN5O2. The van der Waals surface area contributed by atoms with Crippen LogP contribution in [0.1, 0.15) is 24.1 Å². The van der Waals surface area contributed by atoms with Crippen molar-refractivity contribution in [1.82, 2.24) is 14.9 Å². The van der Waals surface area contributed by atoms with Crippen LogP contribution in [0.25, 0.3) is 0 Å². The number of hydrogen-bond donors (Lipinski definition) is 1. The zero-order valence-corrected chi connectivity index (χ0v) is 17.1. The summed E-state index contributed by atoms with van der Waals surface area (Å²) >= 11 is 6.29.